The highest BCUT2D eigenvalue weighted by Gasteiger charge is 2.20. The fraction of sp³-hybridized carbons (Fsp3) is 0.364. The molecule has 0 amide bonds. The number of aliphatic hydroxyl groups excluding tert-OH is 1. The minimum Gasteiger partial charge on any atom is -0.480 e. The summed E-state index contributed by atoms with van der Waals surface area (Å²) in [5.41, 5.74) is 0.856. The van der Waals surface area contributed by atoms with Crippen molar-refractivity contribution in [2.45, 2.75) is 12.5 Å². The van der Waals surface area contributed by atoms with E-state index in [0.29, 0.717) is 6.42 Å². The van der Waals surface area contributed by atoms with Crippen LogP contribution >= 0.6 is 0 Å². The summed E-state index contributed by atoms with van der Waals surface area (Å²) in [5.74, 6) is -2.43. The van der Waals surface area contributed by atoms with E-state index in [1.54, 1.807) is 24.3 Å². The number of hydrogen-bond acceptors (Lipinski definition) is 4. The van der Waals surface area contributed by atoms with E-state index in [0.717, 1.165) is 5.56 Å². The van der Waals surface area contributed by atoms with Crippen LogP contribution in [0.4, 0.5) is 0 Å². The van der Waals surface area contributed by atoms with Crippen molar-refractivity contribution in [2.75, 3.05) is 12.4 Å². The molecule has 0 bridgehead atoms. The first-order valence-corrected chi connectivity index (χ1v) is 6.95. The molecule has 0 aliphatic heterocycles. The van der Waals surface area contributed by atoms with Gasteiger partial charge in [0.25, 0.3) is 0 Å². The maximum absolute atomic E-state index is 11.4. The van der Waals surface area contributed by atoms with Gasteiger partial charge in [0.1, 0.15) is 0 Å². The van der Waals surface area contributed by atoms with Crippen LogP contribution in [0.25, 0.3) is 0 Å². The van der Waals surface area contributed by atoms with Gasteiger partial charge in [-0.15, -0.1) is 0 Å². The number of sulfonamides is 1. The first kappa shape index (κ1) is 14.6. The van der Waals surface area contributed by atoms with Gasteiger partial charge >= 0.3 is 5.97 Å². The van der Waals surface area contributed by atoms with Crippen LogP contribution in [0, 0.1) is 0 Å². The molecule has 1 rings (SSSR count). The van der Waals surface area contributed by atoms with Crippen molar-refractivity contribution >= 4 is 16.0 Å². The predicted molar refractivity (Wildman–Crippen MR) is 65.6 cm³/mol. The second-order valence-electron chi connectivity index (χ2n) is 3.84. The topological polar surface area (TPSA) is 104 Å². The van der Waals surface area contributed by atoms with Crippen LogP contribution in [-0.4, -0.2) is 43.0 Å². The van der Waals surface area contributed by atoms with Crippen molar-refractivity contribution in [1.29, 1.82) is 0 Å². The lowest BCUT2D eigenvalue weighted by molar-refractivity contribution is -0.134. The largest absolute Gasteiger partial charge is 0.480 e. The molecule has 0 spiro atoms. The Bertz CT molecular complexity index is 485. The normalized spacial score (nSPS) is 13.2. The number of hydrogen-bond donors (Lipinski definition) is 3. The van der Waals surface area contributed by atoms with Gasteiger partial charge < -0.3 is 10.2 Å². The third-order valence-electron chi connectivity index (χ3n) is 2.21. The van der Waals surface area contributed by atoms with Crippen LogP contribution in [0.1, 0.15) is 5.56 Å². The van der Waals surface area contributed by atoms with Gasteiger partial charge in [-0.05, 0) is 12.0 Å². The molecule has 100 valence electrons. The van der Waals surface area contributed by atoms with Gasteiger partial charge in [0.05, 0.1) is 6.61 Å². The van der Waals surface area contributed by atoms with Crippen molar-refractivity contribution in [2.24, 2.45) is 0 Å². The molecule has 0 heterocycles. The molecule has 0 saturated heterocycles. The Labute approximate surface area is 105 Å². The Morgan fingerprint density at radius 1 is 1.28 bits per heavy atom. The van der Waals surface area contributed by atoms with Crippen LogP contribution in [-0.2, 0) is 21.2 Å². The third-order valence-corrected chi connectivity index (χ3v) is 3.52. The molecule has 1 aromatic carbocycles. The molecule has 0 saturated carbocycles. The summed E-state index contributed by atoms with van der Waals surface area (Å²) in [6.45, 7) is -0.395. The summed E-state index contributed by atoms with van der Waals surface area (Å²) < 4.78 is 25.0. The van der Waals surface area contributed by atoms with E-state index < -0.39 is 34.4 Å². The molecule has 0 fully saturated rings. The number of nitrogens with one attached hydrogen (secondary N) is 1. The molecule has 6 nitrogen and oxygen atoms in total. The minimum atomic E-state index is -3.92. The van der Waals surface area contributed by atoms with Crippen LogP contribution in [0.15, 0.2) is 30.3 Å². The lowest BCUT2D eigenvalue weighted by atomic mass is 10.1. The van der Waals surface area contributed by atoms with Crippen LogP contribution < -0.4 is 4.72 Å². The van der Waals surface area contributed by atoms with Gasteiger partial charge in [-0.1, -0.05) is 30.3 Å². The van der Waals surface area contributed by atoms with E-state index in [1.807, 2.05) is 6.07 Å². The van der Waals surface area contributed by atoms with Crippen LogP contribution in [0.5, 0.6) is 0 Å². The molecule has 0 unspecified atom stereocenters. The summed E-state index contributed by atoms with van der Waals surface area (Å²) in [6.07, 6.45) is 0.302. The second-order valence-corrected chi connectivity index (χ2v) is 5.59. The number of carboxylic acids is 1. The summed E-state index contributed by atoms with van der Waals surface area (Å²) in [6, 6.07) is 8.30. The van der Waals surface area contributed by atoms with Gasteiger partial charge in [-0.2, -0.15) is 0 Å². The van der Waals surface area contributed by atoms with Crippen LogP contribution in [0.3, 0.4) is 0 Å². The van der Waals surface area contributed by atoms with Gasteiger partial charge in [0.15, 0.2) is 5.75 Å². The molecule has 0 aromatic heterocycles. The summed E-state index contributed by atoms with van der Waals surface area (Å²) in [4.78, 5) is 10.4. The van der Waals surface area contributed by atoms with Gasteiger partial charge in [0, 0.05) is 6.04 Å². The standard InChI is InChI=1S/C11H15NO5S/c13-7-10(6-9-4-2-1-3-5-9)12-18(16,17)8-11(14)15/h1-5,10,12-13H,6-8H2,(H,14,15)/t10-/m1/s1. The molecule has 3 N–H and O–H groups in total. The Kier molecular flexibility index (Phi) is 5.26. The fourth-order valence-electron chi connectivity index (χ4n) is 1.50. The highest BCUT2D eigenvalue weighted by atomic mass is 32.2. The Balaban J connectivity index is 2.65. The SMILES string of the molecule is O=C(O)CS(=O)(=O)N[C@@H](CO)Cc1ccccc1. The van der Waals surface area contributed by atoms with Crippen LogP contribution in [0.2, 0.25) is 0 Å². The van der Waals surface area contributed by atoms with E-state index in [2.05, 4.69) is 4.72 Å². The van der Waals surface area contributed by atoms with Gasteiger partial charge in [0.2, 0.25) is 10.0 Å². The molecule has 0 radical (unpaired) electrons. The lowest BCUT2D eigenvalue weighted by Crippen LogP contribution is -2.41. The predicted octanol–water partition coefficient (Wildman–Crippen LogP) is -0.406. The minimum absolute atomic E-state index is 0.302. The Hall–Kier alpha value is -1.44. The average molecular weight is 273 g/mol. The molecule has 0 aliphatic rings. The molecular formula is C11H15NO5S. The number of aliphatic hydroxyl groups is 1. The summed E-state index contributed by atoms with van der Waals surface area (Å²) >= 11 is 0. The van der Waals surface area contributed by atoms with Crippen molar-refractivity contribution in [3.8, 4) is 0 Å². The molecule has 7 heteroatoms. The highest BCUT2D eigenvalue weighted by Crippen LogP contribution is 2.04. The van der Waals surface area contributed by atoms with E-state index in [1.165, 1.54) is 0 Å². The van der Waals surface area contributed by atoms with E-state index in [4.69, 9.17) is 10.2 Å². The zero-order valence-corrected chi connectivity index (χ0v) is 10.4. The van der Waals surface area contributed by atoms with E-state index in [-0.39, 0.29) is 0 Å². The molecular weight excluding hydrogens is 258 g/mol. The molecule has 1 aromatic rings. The van der Waals surface area contributed by atoms with E-state index in [9.17, 15) is 13.2 Å². The summed E-state index contributed by atoms with van der Waals surface area (Å²) in [7, 11) is -3.92. The van der Waals surface area contributed by atoms with Gasteiger partial charge in [-0.3, -0.25) is 4.79 Å². The number of carboxylic acid groups (broad SMARTS) is 1. The zero-order valence-electron chi connectivity index (χ0n) is 9.61. The number of carbonyl (C=O) groups is 1. The van der Waals surface area contributed by atoms with E-state index >= 15 is 0 Å². The number of benzene rings is 1. The Morgan fingerprint density at radius 2 is 1.89 bits per heavy atom. The molecule has 0 aliphatic carbocycles. The van der Waals surface area contributed by atoms with Gasteiger partial charge in [-0.25, -0.2) is 13.1 Å². The zero-order chi connectivity index (χ0) is 13.6. The monoisotopic (exact) mass is 273 g/mol. The maximum Gasteiger partial charge on any atom is 0.320 e. The first-order chi connectivity index (χ1) is 8.43. The Morgan fingerprint density at radius 3 is 2.39 bits per heavy atom. The summed E-state index contributed by atoms with van der Waals surface area (Å²) in [5, 5.41) is 17.6. The molecule has 18 heavy (non-hydrogen) atoms. The third kappa shape index (κ3) is 5.26. The fourth-order valence-corrected chi connectivity index (χ4v) is 2.57. The number of aliphatic carboxylic acids is 1. The smallest absolute Gasteiger partial charge is 0.320 e. The first-order valence-electron chi connectivity index (χ1n) is 5.29. The quantitative estimate of drug-likeness (QED) is 0.627. The number of rotatable bonds is 7. The van der Waals surface area contributed by atoms with Crippen molar-refractivity contribution in [1.82, 2.24) is 4.72 Å². The average Bonchev–Trinajstić information content (AvgIpc) is 2.27. The second kappa shape index (κ2) is 6.48. The lowest BCUT2D eigenvalue weighted by Gasteiger charge is -2.15. The van der Waals surface area contributed by atoms with Crippen molar-refractivity contribution < 1.29 is 23.4 Å². The molecule has 1 atom stereocenters. The van der Waals surface area contributed by atoms with Crippen molar-refractivity contribution in [3.63, 3.8) is 0 Å². The van der Waals surface area contributed by atoms with Crippen molar-refractivity contribution in [3.05, 3.63) is 35.9 Å². The maximum atomic E-state index is 11.4. The highest BCUT2D eigenvalue weighted by molar-refractivity contribution is 7.90.